The molecule has 1 N–H and O–H groups in total. The zero-order valence-corrected chi connectivity index (χ0v) is 8.52. The van der Waals surface area contributed by atoms with Crippen molar-refractivity contribution in [3.05, 3.63) is 11.8 Å². The van der Waals surface area contributed by atoms with Crippen molar-refractivity contribution in [1.82, 2.24) is 9.78 Å². The zero-order valence-electron chi connectivity index (χ0n) is 8.52. The average Bonchev–Trinajstić information content (AvgIpc) is 2.47. The van der Waals surface area contributed by atoms with E-state index in [1.54, 1.807) is 6.92 Å². The molecule has 78 valence electrons. The third-order valence-corrected chi connectivity index (χ3v) is 1.75. The average molecular weight is 198 g/mol. The SMILES string of the molecule is CCOC(=O)c1cnn(C(C)C)c1O. The van der Waals surface area contributed by atoms with Gasteiger partial charge < -0.3 is 9.84 Å². The molecule has 0 fully saturated rings. The summed E-state index contributed by atoms with van der Waals surface area (Å²) in [7, 11) is 0. The molecule has 1 aromatic rings. The van der Waals surface area contributed by atoms with Crippen LogP contribution < -0.4 is 0 Å². The van der Waals surface area contributed by atoms with E-state index in [0.717, 1.165) is 0 Å². The highest BCUT2D eigenvalue weighted by Gasteiger charge is 2.18. The van der Waals surface area contributed by atoms with Gasteiger partial charge in [0.2, 0.25) is 5.88 Å². The minimum absolute atomic E-state index is 0.0122. The van der Waals surface area contributed by atoms with Crippen molar-refractivity contribution >= 4 is 5.97 Å². The van der Waals surface area contributed by atoms with E-state index < -0.39 is 5.97 Å². The van der Waals surface area contributed by atoms with Crippen LogP contribution in [0.3, 0.4) is 0 Å². The van der Waals surface area contributed by atoms with Gasteiger partial charge in [0.15, 0.2) is 0 Å². The third kappa shape index (κ3) is 1.86. The summed E-state index contributed by atoms with van der Waals surface area (Å²) in [5.41, 5.74) is 0.112. The van der Waals surface area contributed by atoms with E-state index in [1.165, 1.54) is 10.9 Å². The van der Waals surface area contributed by atoms with Crippen molar-refractivity contribution in [3.63, 3.8) is 0 Å². The second-order valence-corrected chi connectivity index (χ2v) is 3.14. The summed E-state index contributed by atoms with van der Waals surface area (Å²) >= 11 is 0. The Labute approximate surface area is 82.3 Å². The lowest BCUT2D eigenvalue weighted by Gasteiger charge is -2.06. The first kappa shape index (κ1) is 10.6. The highest BCUT2D eigenvalue weighted by atomic mass is 16.5. The van der Waals surface area contributed by atoms with Crippen LogP contribution in [0.4, 0.5) is 0 Å². The summed E-state index contributed by atoms with van der Waals surface area (Å²) in [5, 5.41) is 13.5. The molecule has 1 rings (SSSR count). The molecule has 0 aliphatic heterocycles. The van der Waals surface area contributed by atoms with Gasteiger partial charge in [-0.3, -0.25) is 0 Å². The van der Waals surface area contributed by atoms with Crippen LogP contribution in [0.5, 0.6) is 5.88 Å². The summed E-state index contributed by atoms with van der Waals surface area (Å²) in [6.45, 7) is 5.72. The van der Waals surface area contributed by atoms with E-state index in [9.17, 15) is 9.90 Å². The number of carbonyl (C=O) groups is 1. The Morgan fingerprint density at radius 3 is 2.79 bits per heavy atom. The maximum absolute atomic E-state index is 11.3. The lowest BCUT2D eigenvalue weighted by Crippen LogP contribution is -2.05. The molecule has 14 heavy (non-hydrogen) atoms. The van der Waals surface area contributed by atoms with E-state index in [4.69, 9.17) is 4.74 Å². The largest absolute Gasteiger partial charge is 0.493 e. The van der Waals surface area contributed by atoms with Gasteiger partial charge in [0, 0.05) is 0 Å². The van der Waals surface area contributed by atoms with Crippen LogP contribution in [0.25, 0.3) is 0 Å². The second-order valence-electron chi connectivity index (χ2n) is 3.14. The number of hydrogen-bond donors (Lipinski definition) is 1. The fraction of sp³-hybridized carbons (Fsp3) is 0.556. The molecule has 0 amide bonds. The highest BCUT2D eigenvalue weighted by Crippen LogP contribution is 2.20. The molecule has 1 heterocycles. The molecule has 0 radical (unpaired) electrons. The molecular formula is C9H14N2O3. The Hall–Kier alpha value is -1.52. The molecule has 0 aliphatic carbocycles. The smallest absolute Gasteiger partial charge is 0.345 e. The number of aromatic nitrogens is 2. The van der Waals surface area contributed by atoms with Crippen LogP contribution in [0.1, 0.15) is 37.2 Å². The van der Waals surface area contributed by atoms with Crippen molar-refractivity contribution in [1.29, 1.82) is 0 Å². The number of ether oxygens (including phenoxy) is 1. The summed E-state index contributed by atoms with van der Waals surface area (Å²) < 4.78 is 6.12. The predicted octanol–water partition coefficient (Wildman–Crippen LogP) is 1.35. The van der Waals surface area contributed by atoms with E-state index in [1.807, 2.05) is 13.8 Å². The molecule has 0 saturated carbocycles. The lowest BCUT2D eigenvalue weighted by atomic mass is 10.3. The van der Waals surface area contributed by atoms with Gasteiger partial charge in [-0.2, -0.15) is 5.10 Å². The molecule has 0 aromatic carbocycles. The molecule has 0 saturated heterocycles. The maximum Gasteiger partial charge on any atom is 0.345 e. The van der Waals surface area contributed by atoms with E-state index in [0.29, 0.717) is 0 Å². The van der Waals surface area contributed by atoms with Crippen molar-refractivity contribution in [2.45, 2.75) is 26.8 Å². The predicted molar refractivity (Wildman–Crippen MR) is 50.2 cm³/mol. The van der Waals surface area contributed by atoms with Gasteiger partial charge in [-0.05, 0) is 20.8 Å². The quantitative estimate of drug-likeness (QED) is 0.744. The Bertz CT molecular complexity index is 331. The standard InChI is InChI=1S/C9H14N2O3/c1-4-14-9(13)7-5-10-11(6(2)3)8(7)12/h5-6,12H,4H2,1-3H3. The number of esters is 1. The molecule has 1 aromatic heterocycles. The van der Waals surface area contributed by atoms with Crippen LogP contribution in [0, 0.1) is 0 Å². The molecule has 0 aliphatic rings. The van der Waals surface area contributed by atoms with Crippen LogP contribution in [0.2, 0.25) is 0 Å². The first-order valence-electron chi connectivity index (χ1n) is 4.51. The van der Waals surface area contributed by atoms with E-state index in [-0.39, 0.29) is 24.1 Å². The number of hydrogen-bond acceptors (Lipinski definition) is 4. The van der Waals surface area contributed by atoms with Gasteiger partial charge >= 0.3 is 5.97 Å². The van der Waals surface area contributed by atoms with Crippen LogP contribution in [-0.2, 0) is 4.74 Å². The number of aromatic hydroxyl groups is 1. The van der Waals surface area contributed by atoms with Crippen LogP contribution in [-0.4, -0.2) is 27.5 Å². The van der Waals surface area contributed by atoms with Gasteiger partial charge in [-0.1, -0.05) is 0 Å². The maximum atomic E-state index is 11.3. The zero-order chi connectivity index (χ0) is 10.7. The minimum Gasteiger partial charge on any atom is -0.493 e. The Balaban J connectivity index is 2.95. The number of rotatable bonds is 3. The molecule has 0 atom stereocenters. The summed E-state index contributed by atoms with van der Waals surface area (Å²) in [6, 6.07) is 0.0122. The van der Waals surface area contributed by atoms with Crippen molar-refractivity contribution in [2.24, 2.45) is 0 Å². The lowest BCUT2D eigenvalue weighted by molar-refractivity contribution is 0.0522. The molecule has 5 nitrogen and oxygen atoms in total. The molecule has 5 heteroatoms. The van der Waals surface area contributed by atoms with Gasteiger partial charge in [0.1, 0.15) is 5.56 Å². The first-order valence-corrected chi connectivity index (χ1v) is 4.51. The number of nitrogens with zero attached hydrogens (tertiary/aromatic N) is 2. The van der Waals surface area contributed by atoms with Gasteiger partial charge in [-0.15, -0.1) is 0 Å². The second kappa shape index (κ2) is 4.13. The summed E-state index contributed by atoms with van der Waals surface area (Å²) in [5.74, 6) is -0.685. The molecule has 0 unspecified atom stereocenters. The van der Waals surface area contributed by atoms with E-state index >= 15 is 0 Å². The minimum atomic E-state index is -0.545. The van der Waals surface area contributed by atoms with Crippen molar-refractivity contribution in [3.8, 4) is 5.88 Å². The Morgan fingerprint density at radius 2 is 2.36 bits per heavy atom. The number of carbonyl (C=O) groups excluding carboxylic acids is 1. The van der Waals surface area contributed by atoms with Gasteiger partial charge in [0.05, 0.1) is 18.8 Å². The Morgan fingerprint density at radius 1 is 1.71 bits per heavy atom. The third-order valence-electron chi connectivity index (χ3n) is 1.75. The molecule has 0 spiro atoms. The van der Waals surface area contributed by atoms with Crippen molar-refractivity contribution < 1.29 is 14.6 Å². The van der Waals surface area contributed by atoms with Crippen molar-refractivity contribution in [2.75, 3.05) is 6.61 Å². The van der Waals surface area contributed by atoms with Crippen LogP contribution in [0.15, 0.2) is 6.20 Å². The summed E-state index contributed by atoms with van der Waals surface area (Å²) in [4.78, 5) is 11.3. The van der Waals surface area contributed by atoms with Crippen LogP contribution >= 0.6 is 0 Å². The highest BCUT2D eigenvalue weighted by molar-refractivity contribution is 5.91. The molecule has 0 bridgehead atoms. The summed E-state index contributed by atoms with van der Waals surface area (Å²) in [6.07, 6.45) is 1.31. The fourth-order valence-corrected chi connectivity index (χ4v) is 1.09. The Kier molecular flexibility index (Phi) is 3.11. The first-order chi connectivity index (χ1) is 6.57. The normalized spacial score (nSPS) is 10.6. The molecular weight excluding hydrogens is 184 g/mol. The van der Waals surface area contributed by atoms with Gasteiger partial charge in [-0.25, -0.2) is 9.48 Å². The van der Waals surface area contributed by atoms with Gasteiger partial charge in [0.25, 0.3) is 0 Å². The monoisotopic (exact) mass is 198 g/mol. The van der Waals surface area contributed by atoms with E-state index in [2.05, 4.69) is 5.10 Å². The fourth-order valence-electron chi connectivity index (χ4n) is 1.09. The topological polar surface area (TPSA) is 64.3 Å².